The molecule has 2 aromatic rings. The van der Waals surface area contributed by atoms with Crippen molar-refractivity contribution in [3.63, 3.8) is 0 Å². The molecule has 0 aromatic carbocycles. The van der Waals surface area contributed by atoms with Gasteiger partial charge in [0.25, 0.3) is 0 Å². The monoisotopic (exact) mass is 901 g/mol. The van der Waals surface area contributed by atoms with Crippen molar-refractivity contribution in [1.82, 2.24) is 0 Å². The normalized spacial score (nSPS) is 11.3. The molecule has 0 unspecified atom stereocenters. The van der Waals surface area contributed by atoms with E-state index in [4.69, 9.17) is 6.92 Å². The molecular weight excluding hydrogens is 828 g/mol. The summed E-state index contributed by atoms with van der Waals surface area (Å²) in [6.07, 6.45) is 27.1. The van der Waals surface area contributed by atoms with Crippen molar-refractivity contribution < 1.29 is 0 Å². The Bertz CT molecular complexity index is 676. The number of hydrogen-bond donors (Lipinski definition) is 0. The summed E-state index contributed by atoms with van der Waals surface area (Å²) < 4.78 is 0. The Hall–Kier alpha value is 1.60. The molecule has 0 aliphatic heterocycles. The second-order valence-electron chi connectivity index (χ2n) is 13.3. The van der Waals surface area contributed by atoms with Gasteiger partial charge in [0, 0.05) is 0 Å². The molecule has 2 heterocycles. The molecule has 40 heavy (non-hydrogen) atoms. The Morgan fingerprint density at radius 3 is 1.05 bits per heavy atom. The molecule has 0 atom stereocenters. The number of unbranched alkanes of at least 4 members (excludes halogenated alkanes) is 17. The Labute approximate surface area is 279 Å². The van der Waals surface area contributed by atoms with E-state index in [0.717, 1.165) is 0 Å². The maximum atomic E-state index is 4.73. The van der Waals surface area contributed by atoms with Crippen LogP contribution in [0.25, 0.3) is 0 Å². The van der Waals surface area contributed by atoms with E-state index in [1.807, 2.05) is 0 Å². The van der Waals surface area contributed by atoms with Gasteiger partial charge in [-0.1, -0.05) is 71.1 Å². The van der Waals surface area contributed by atoms with Crippen molar-refractivity contribution in [1.29, 1.82) is 0 Å². The van der Waals surface area contributed by atoms with E-state index < -0.39 is 39.5 Å². The van der Waals surface area contributed by atoms with E-state index in [1.54, 1.807) is 0 Å². The minimum absolute atomic E-state index is 0.0263. The van der Waals surface area contributed by atoms with E-state index >= 15 is 0 Å². The van der Waals surface area contributed by atoms with Crippen LogP contribution in [0.3, 0.4) is 0 Å². The van der Waals surface area contributed by atoms with Crippen LogP contribution in [0.4, 0.5) is 0 Å². The zero-order chi connectivity index (χ0) is 29.9. The third-order valence-corrected chi connectivity index (χ3v) is 9.97. The van der Waals surface area contributed by atoms with Crippen LogP contribution in [0.2, 0.25) is 29.6 Å². The summed E-state index contributed by atoms with van der Waals surface area (Å²) in [6.45, 7) is 7.03. The fraction of sp³-hybridized carbons (Fsp3) is 0.750. The first-order valence-electron chi connectivity index (χ1n) is 17.1. The first-order chi connectivity index (χ1) is 19.2. The third-order valence-electron chi connectivity index (χ3n) is 7.10. The molecule has 0 bridgehead atoms. The van der Waals surface area contributed by atoms with Crippen molar-refractivity contribution >= 4 is 68.5 Å². The fourth-order valence-corrected chi connectivity index (χ4v) is 8.02. The number of hydrogen-bond acceptors (Lipinski definition) is 0. The van der Waals surface area contributed by atoms with Crippen LogP contribution in [0.1, 0.15) is 140 Å². The summed E-state index contributed by atoms with van der Waals surface area (Å²) in [5.74, 6) is 0. The average Bonchev–Trinajstić information content (AvgIpc) is 3.63. The van der Waals surface area contributed by atoms with Gasteiger partial charge in [-0.3, -0.25) is 0 Å². The molecule has 233 valence electrons. The van der Waals surface area contributed by atoms with Gasteiger partial charge in [0.05, 0.1) is 0 Å². The Morgan fingerprint density at radius 1 is 0.525 bits per heavy atom. The van der Waals surface area contributed by atoms with Gasteiger partial charge >= 0.3 is 211 Å². The van der Waals surface area contributed by atoms with Gasteiger partial charge in [0.1, 0.15) is 0 Å². The van der Waals surface area contributed by atoms with Gasteiger partial charge in [-0.25, -0.2) is 0 Å². The molecule has 0 saturated heterocycles. The molecule has 0 amide bonds. The zero-order valence-electron chi connectivity index (χ0n) is 28.1. The molecule has 1 radical (unpaired) electrons. The van der Waals surface area contributed by atoms with Gasteiger partial charge < -0.3 is 0 Å². The molecular formula is C36H69Se2Sn2. The summed E-state index contributed by atoms with van der Waals surface area (Å²) in [4.78, 5) is 23.9. The van der Waals surface area contributed by atoms with Crippen molar-refractivity contribution in [2.45, 2.75) is 164 Å². The number of rotatable bonds is 21. The van der Waals surface area contributed by atoms with Gasteiger partial charge in [-0.15, -0.1) is 0 Å². The minimum atomic E-state index is -0.637. The van der Waals surface area contributed by atoms with Gasteiger partial charge in [-0.05, 0) is 0 Å². The molecule has 0 aliphatic rings. The van der Waals surface area contributed by atoms with Gasteiger partial charge in [-0.2, -0.15) is 0 Å². The third kappa shape index (κ3) is 25.0. The van der Waals surface area contributed by atoms with Crippen LogP contribution in [-0.4, -0.2) is 68.5 Å². The summed E-state index contributed by atoms with van der Waals surface area (Å²) >= 11 is -0.162. The molecule has 4 heteroatoms. The quantitative estimate of drug-likeness (QED) is 0.0865. The Balaban J connectivity index is 0.00000167. The SMILES string of the molecule is [CH2]C(CCCCCCCCCCCCCCCCCCCC)(c1cc[se]c1)c1cc[se]c1.[CH3][SnH]([CH3])[CH3].[CH3][SnH]([CH3])[CH3]. The van der Waals surface area contributed by atoms with E-state index in [9.17, 15) is 0 Å². The topological polar surface area (TPSA) is 0 Å². The summed E-state index contributed by atoms with van der Waals surface area (Å²) in [5, 5.41) is 0. The second-order valence-corrected chi connectivity index (χ2v) is 36.4. The van der Waals surface area contributed by atoms with Crippen LogP contribution in [0, 0.1) is 6.92 Å². The maximum absolute atomic E-state index is 4.73. The van der Waals surface area contributed by atoms with E-state index in [1.165, 1.54) is 133 Å². The summed E-state index contributed by atoms with van der Waals surface area (Å²) in [6, 6.07) is 4.70. The molecule has 0 nitrogen and oxygen atoms in total. The van der Waals surface area contributed by atoms with Gasteiger partial charge in [0.15, 0.2) is 0 Å². The standard InChI is InChI=1S/C30H49Se2.6CH3.2Sn.2H/c1-3-4-5-6-7-8-9-10-11-12-13-14-15-16-17-18-19-20-23-30(2,28-21-24-31-26-28)29-22-25-32-27-29;;;;;;;;;;/h21-22,24-27H,2-20,23H2,1H3;6*1H3;;;;. The Kier molecular flexibility index (Phi) is 30.5. The van der Waals surface area contributed by atoms with Crippen LogP contribution in [0.15, 0.2) is 31.9 Å². The Morgan fingerprint density at radius 2 is 0.800 bits per heavy atom. The first kappa shape index (κ1) is 41.6. The van der Waals surface area contributed by atoms with Gasteiger partial charge in [0.2, 0.25) is 0 Å². The van der Waals surface area contributed by atoms with E-state index in [-0.39, 0.29) is 5.41 Å². The summed E-state index contributed by atoms with van der Waals surface area (Å²) in [5.41, 5.74) is 2.99. The van der Waals surface area contributed by atoms with E-state index in [0.29, 0.717) is 29.0 Å². The summed E-state index contributed by atoms with van der Waals surface area (Å²) in [7, 11) is 0. The first-order valence-corrected chi connectivity index (χ1v) is 40.9. The molecule has 2 rings (SSSR count). The van der Waals surface area contributed by atoms with Crippen molar-refractivity contribution in [3.8, 4) is 0 Å². The molecule has 0 N–H and O–H groups in total. The van der Waals surface area contributed by atoms with Crippen molar-refractivity contribution in [3.05, 3.63) is 49.9 Å². The zero-order valence-corrected chi connectivity index (χ0v) is 38.1. The second kappa shape index (κ2) is 29.3. The molecule has 0 fully saturated rings. The molecule has 0 aliphatic carbocycles. The predicted octanol–water partition coefficient (Wildman–Crippen LogP) is 11.6. The van der Waals surface area contributed by atoms with E-state index in [2.05, 4.69) is 68.5 Å². The van der Waals surface area contributed by atoms with Crippen LogP contribution in [0.5, 0.6) is 0 Å². The molecule has 0 saturated carbocycles. The molecule has 2 aromatic heterocycles. The van der Waals surface area contributed by atoms with Crippen molar-refractivity contribution in [2.75, 3.05) is 0 Å². The average molecular weight is 897 g/mol. The predicted molar refractivity (Wildman–Crippen MR) is 196 cm³/mol. The molecule has 0 spiro atoms. The van der Waals surface area contributed by atoms with Crippen LogP contribution < -0.4 is 0 Å². The fourth-order valence-electron chi connectivity index (χ4n) is 4.86. The van der Waals surface area contributed by atoms with Crippen molar-refractivity contribution in [2.24, 2.45) is 0 Å². The van der Waals surface area contributed by atoms with Crippen LogP contribution >= 0.6 is 0 Å². The van der Waals surface area contributed by atoms with Crippen LogP contribution in [-0.2, 0) is 5.41 Å².